The number of esters is 1. The molecular formula is C45H53FN4O7. The van der Waals surface area contributed by atoms with Crippen LogP contribution in [-0.2, 0) is 33.6 Å². The van der Waals surface area contributed by atoms with Crippen LogP contribution >= 0.6 is 0 Å². The Morgan fingerprint density at radius 1 is 0.947 bits per heavy atom. The molecule has 0 radical (unpaired) electrons. The highest BCUT2D eigenvalue weighted by atomic mass is 19.1. The molecule has 12 heteroatoms. The zero-order valence-electron chi connectivity index (χ0n) is 32.8. The number of phenolic OH excluding ortho intramolecular Hbond substituents is 1. The number of aryl methyl sites for hydroxylation is 2. The van der Waals surface area contributed by atoms with Crippen molar-refractivity contribution in [3.63, 3.8) is 0 Å². The topological polar surface area (TPSA) is 154 Å². The molecule has 1 aliphatic heterocycles. The van der Waals surface area contributed by atoms with Gasteiger partial charge in [0.1, 0.15) is 41.2 Å². The third-order valence-corrected chi connectivity index (χ3v) is 10.2. The fraction of sp³-hybridized carbons (Fsp3) is 0.400. The maximum absolute atomic E-state index is 13.4. The molecule has 6 rings (SSSR count). The van der Waals surface area contributed by atoms with E-state index in [1.165, 1.54) is 17.7 Å². The van der Waals surface area contributed by atoms with Gasteiger partial charge in [0, 0.05) is 54.2 Å². The van der Waals surface area contributed by atoms with Gasteiger partial charge in [0.25, 0.3) is 5.91 Å². The van der Waals surface area contributed by atoms with Crippen LogP contribution in [0.25, 0.3) is 16.8 Å². The van der Waals surface area contributed by atoms with Crippen LogP contribution in [0.2, 0.25) is 0 Å². The fourth-order valence-corrected chi connectivity index (χ4v) is 7.01. The van der Waals surface area contributed by atoms with Gasteiger partial charge in [0.15, 0.2) is 6.10 Å². The van der Waals surface area contributed by atoms with Gasteiger partial charge >= 0.3 is 5.97 Å². The van der Waals surface area contributed by atoms with Crippen LogP contribution in [0.4, 0.5) is 10.2 Å². The summed E-state index contributed by atoms with van der Waals surface area (Å²) in [7, 11) is 0. The number of amides is 1. The summed E-state index contributed by atoms with van der Waals surface area (Å²) in [6.07, 6.45) is 8.42. The number of carbonyl (C=O) groups is 2. The summed E-state index contributed by atoms with van der Waals surface area (Å²) in [5, 5.41) is 17.0. The Kier molecular flexibility index (Phi) is 14.3. The number of halogens is 1. The number of allylic oxidation sites excluding steroid dienone is 1. The van der Waals surface area contributed by atoms with Crippen LogP contribution in [0, 0.1) is 5.82 Å². The molecular weight excluding hydrogens is 728 g/mol. The number of nitrogen functional groups attached to an aromatic ring is 1. The largest absolute Gasteiger partial charge is 0.507 e. The number of rotatable bonds is 19. The van der Waals surface area contributed by atoms with E-state index in [9.17, 15) is 19.1 Å². The molecule has 1 unspecified atom stereocenters. The first kappa shape index (κ1) is 40.9. The van der Waals surface area contributed by atoms with Crippen molar-refractivity contribution in [3.05, 3.63) is 101 Å². The number of nitrogens with zero attached hydrogens (tertiary/aromatic N) is 1. The van der Waals surface area contributed by atoms with Crippen LogP contribution in [0.1, 0.15) is 81.0 Å². The molecule has 1 saturated carbocycles. The summed E-state index contributed by atoms with van der Waals surface area (Å²) in [4.78, 5) is 29.8. The summed E-state index contributed by atoms with van der Waals surface area (Å²) in [5.41, 5.74) is 13.3. The molecule has 0 bridgehead atoms. The zero-order chi connectivity index (χ0) is 40.1. The van der Waals surface area contributed by atoms with Crippen molar-refractivity contribution in [3.8, 4) is 34.1 Å². The van der Waals surface area contributed by atoms with E-state index in [1.807, 2.05) is 31.2 Å². The molecule has 1 aromatic heterocycles. The summed E-state index contributed by atoms with van der Waals surface area (Å²) >= 11 is 0. The third kappa shape index (κ3) is 10.8. The molecule has 1 aliphatic carbocycles. The number of phenols is 1. The summed E-state index contributed by atoms with van der Waals surface area (Å²) in [6, 6.07) is 17.2. The number of aromatic hydroxyl groups is 1. The lowest BCUT2D eigenvalue weighted by molar-refractivity contribution is -0.143. The van der Waals surface area contributed by atoms with Gasteiger partial charge in [-0.25, -0.2) is 9.37 Å². The lowest BCUT2D eigenvalue weighted by atomic mass is 9.88. The van der Waals surface area contributed by atoms with Gasteiger partial charge in [-0.1, -0.05) is 38.5 Å². The van der Waals surface area contributed by atoms with Gasteiger partial charge in [0.05, 0.1) is 19.6 Å². The van der Waals surface area contributed by atoms with E-state index in [-0.39, 0.29) is 43.0 Å². The van der Waals surface area contributed by atoms with Gasteiger partial charge < -0.3 is 40.4 Å². The van der Waals surface area contributed by atoms with E-state index >= 15 is 0 Å². The van der Waals surface area contributed by atoms with Gasteiger partial charge in [-0.15, -0.1) is 0 Å². The Hall–Kier alpha value is -5.78. The van der Waals surface area contributed by atoms with Crippen molar-refractivity contribution in [1.29, 1.82) is 0 Å². The second-order valence-electron chi connectivity index (χ2n) is 14.3. The molecule has 2 aliphatic rings. The molecule has 302 valence electrons. The number of nitrogens with one attached hydrogen (secondary N) is 2. The Morgan fingerprint density at radius 2 is 1.74 bits per heavy atom. The number of carbonyl (C=O) groups excluding carboxylic acids is 2. The van der Waals surface area contributed by atoms with Crippen LogP contribution in [-0.4, -0.2) is 61.0 Å². The monoisotopic (exact) mass is 780 g/mol. The fourth-order valence-electron chi connectivity index (χ4n) is 7.01. The first-order valence-electron chi connectivity index (χ1n) is 20.0. The average molecular weight is 781 g/mol. The molecule has 2 heterocycles. The number of hydrogen-bond acceptors (Lipinski definition) is 10. The Morgan fingerprint density at radius 3 is 2.44 bits per heavy atom. The van der Waals surface area contributed by atoms with Crippen molar-refractivity contribution in [2.45, 2.75) is 84.2 Å². The average Bonchev–Trinajstić information content (AvgIpc) is 3.19. The number of hydrogen-bond donors (Lipinski definition) is 4. The number of ether oxygens (including phenoxy) is 4. The first-order valence-corrected chi connectivity index (χ1v) is 20.0. The summed E-state index contributed by atoms with van der Waals surface area (Å²) in [6.45, 7) is 5.68. The predicted molar refractivity (Wildman–Crippen MR) is 218 cm³/mol. The number of pyridine rings is 1. The highest BCUT2D eigenvalue weighted by Crippen LogP contribution is 2.39. The number of benzene rings is 3. The lowest BCUT2D eigenvalue weighted by Crippen LogP contribution is -2.41. The summed E-state index contributed by atoms with van der Waals surface area (Å²) < 4.78 is 37.5. The maximum atomic E-state index is 13.4. The van der Waals surface area contributed by atoms with E-state index in [0.717, 1.165) is 65.6 Å². The molecule has 1 atom stereocenters. The van der Waals surface area contributed by atoms with Crippen molar-refractivity contribution in [1.82, 2.24) is 15.6 Å². The van der Waals surface area contributed by atoms with Gasteiger partial charge in [0.2, 0.25) is 0 Å². The third-order valence-electron chi connectivity index (χ3n) is 10.2. The molecule has 11 nitrogen and oxygen atoms in total. The van der Waals surface area contributed by atoms with E-state index in [4.69, 9.17) is 24.7 Å². The number of anilines is 1. The predicted octanol–water partition coefficient (Wildman–Crippen LogP) is 7.47. The minimum atomic E-state index is -0.684. The van der Waals surface area contributed by atoms with Gasteiger partial charge in [-0.3, -0.25) is 9.59 Å². The highest BCUT2D eigenvalue weighted by molar-refractivity contribution is 5.82. The molecule has 1 fully saturated rings. The Bertz CT molecular complexity index is 2030. The van der Waals surface area contributed by atoms with E-state index in [2.05, 4.69) is 22.5 Å². The standard InChI is InChI=1S/C45H53FN4O7/c1-3-7-35-38(54-23-6-24-55-40-27-37(51)36(26-29(40)4-2)30-10-15-34(46)16-11-30)17-12-32-13-18-39(57-44(32)35)45(53)49-21-20-42(52)56-25-22-48-43(31-8-5-9-31)33-14-19-41(47)50-28-33/h10-12,14-17,19,26-28,39,48,51H,3-9,13,18,20-25H2,1-2H3,(H2,47,50)(H,49,53). The van der Waals surface area contributed by atoms with Crippen LogP contribution in [0.3, 0.4) is 0 Å². The quantitative estimate of drug-likeness (QED) is 0.0557. The van der Waals surface area contributed by atoms with Crippen LogP contribution in [0.15, 0.2) is 72.4 Å². The smallest absolute Gasteiger partial charge is 0.307 e. The minimum absolute atomic E-state index is 0.0515. The van der Waals surface area contributed by atoms with Crippen molar-refractivity contribution < 1.29 is 38.0 Å². The second-order valence-corrected chi connectivity index (χ2v) is 14.3. The highest BCUT2D eigenvalue weighted by Gasteiger charge is 2.29. The first-order chi connectivity index (χ1) is 27.7. The lowest BCUT2D eigenvalue weighted by Gasteiger charge is -2.28. The Labute approximate surface area is 333 Å². The summed E-state index contributed by atoms with van der Waals surface area (Å²) in [5.74, 6) is 1.55. The van der Waals surface area contributed by atoms with E-state index < -0.39 is 6.10 Å². The van der Waals surface area contributed by atoms with E-state index in [1.54, 1.807) is 30.5 Å². The molecule has 57 heavy (non-hydrogen) atoms. The molecule has 3 aromatic carbocycles. The molecule has 1 amide bonds. The normalized spacial score (nSPS) is 14.4. The van der Waals surface area contributed by atoms with Crippen molar-refractivity contribution in [2.75, 3.05) is 38.6 Å². The van der Waals surface area contributed by atoms with Crippen molar-refractivity contribution >= 4 is 23.4 Å². The van der Waals surface area contributed by atoms with Crippen LogP contribution < -0.4 is 30.6 Å². The number of fused-ring (bicyclic) bond motifs is 1. The van der Waals surface area contributed by atoms with E-state index in [0.29, 0.717) is 74.1 Å². The SMILES string of the molecule is CCCc1c(OCCCOc2cc(O)c(-c3ccc(F)cc3)cc2CC)ccc2c1OC(C(=O)NCCC(=O)OCCNC(=C1CCC1)c1ccc(N)nc1)CC2. The molecule has 0 spiro atoms. The number of aromatic nitrogens is 1. The Balaban J connectivity index is 0.943. The zero-order valence-corrected chi connectivity index (χ0v) is 32.8. The molecule has 4 aromatic rings. The molecule has 0 saturated heterocycles. The van der Waals surface area contributed by atoms with Crippen molar-refractivity contribution in [2.24, 2.45) is 0 Å². The minimum Gasteiger partial charge on any atom is -0.507 e. The maximum Gasteiger partial charge on any atom is 0.307 e. The van der Waals surface area contributed by atoms with Gasteiger partial charge in [-0.05, 0) is 104 Å². The second kappa shape index (κ2) is 19.9. The van der Waals surface area contributed by atoms with Crippen LogP contribution in [0.5, 0.6) is 23.0 Å². The number of nitrogens with two attached hydrogens (primary N) is 1. The molecule has 5 N–H and O–H groups in total. The van der Waals surface area contributed by atoms with Gasteiger partial charge in [-0.2, -0.15) is 0 Å².